The normalized spacial score (nSPS) is 15.9. The number of anilines is 2. The van der Waals surface area contributed by atoms with Gasteiger partial charge >= 0.3 is 5.97 Å². The molecular formula is C11H16N2O3S. The second-order valence-corrected chi connectivity index (χ2v) is 4.72. The van der Waals surface area contributed by atoms with E-state index in [0.29, 0.717) is 30.4 Å². The van der Waals surface area contributed by atoms with Crippen LogP contribution in [-0.4, -0.2) is 38.9 Å². The number of carbonyl (C=O) groups is 1. The van der Waals surface area contributed by atoms with Gasteiger partial charge in [-0.05, 0) is 13.0 Å². The van der Waals surface area contributed by atoms with Crippen molar-refractivity contribution >= 4 is 28.0 Å². The first-order valence-corrected chi connectivity index (χ1v) is 6.43. The molecule has 0 unspecified atom stereocenters. The highest BCUT2D eigenvalue weighted by Gasteiger charge is 2.19. The van der Waals surface area contributed by atoms with Gasteiger partial charge in [-0.2, -0.15) is 0 Å². The first-order chi connectivity index (χ1) is 8.22. The summed E-state index contributed by atoms with van der Waals surface area (Å²) >= 11 is 1.38. The minimum Gasteiger partial charge on any atom is -0.462 e. The van der Waals surface area contributed by atoms with E-state index >= 15 is 0 Å². The van der Waals surface area contributed by atoms with Gasteiger partial charge in [0.15, 0.2) is 0 Å². The molecule has 0 aliphatic carbocycles. The van der Waals surface area contributed by atoms with Gasteiger partial charge < -0.3 is 20.1 Å². The van der Waals surface area contributed by atoms with Crippen molar-refractivity contribution in [2.24, 2.45) is 0 Å². The van der Waals surface area contributed by atoms with E-state index < -0.39 is 0 Å². The van der Waals surface area contributed by atoms with Crippen LogP contribution in [0.25, 0.3) is 0 Å². The van der Waals surface area contributed by atoms with Crippen molar-refractivity contribution in [3.8, 4) is 0 Å². The molecule has 2 heterocycles. The smallest absolute Gasteiger partial charge is 0.350 e. The second-order valence-electron chi connectivity index (χ2n) is 3.69. The first-order valence-electron chi connectivity index (χ1n) is 5.61. The molecule has 1 fully saturated rings. The molecule has 1 aliphatic rings. The quantitative estimate of drug-likeness (QED) is 0.827. The van der Waals surface area contributed by atoms with Crippen molar-refractivity contribution in [1.82, 2.24) is 0 Å². The van der Waals surface area contributed by atoms with Crippen molar-refractivity contribution in [3.05, 3.63) is 10.9 Å². The molecule has 0 radical (unpaired) electrons. The molecule has 0 bridgehead atoms. The lowest BCUT2D eigenvalue weighted by Crippen LogP contribution is -2.35. The number of ether oxygens (including phenoxy) is 2. The highest BCUT2D eigenvalue weighted by atomic mass is 32.1. The fourth-order valence-electron chi connectivity index (χ4n) is 1.69. The van der Waals surface area contributed by atoms with Crippen molar-refractivity contribution < 1.29 is 14.3 Å². The minimum atomic E-state index is -0.338. The maximum absolute atomic E-state index is 11.6. The zero-order valence-electron chi connectivity index (χ0n) is 9.77. The van der Waals surface area contributed by atoms with Gasteiger partial charge in [0.25, 0.3) is 0 Å². The van der Waals surface area contributed by atoms with Gasteiger partial charge in [-0.1, -0.05) is 0 Å². The summed E-state index contributed by atoms with van der Waals surface area (Å²) in [6, 6.07) is 1.84. The number of rotatable bonds is 3. The highest BCUT2D eigenvalue weighted by molar-refractivity contribution is 7.18. The predicted molar refractivity (Wildman–Crippen MR) is 67.7 cm³/mol. The Morgan fingerprint density at radius 2 is 2.29 bits per heavy atom. The number of esters is 1. The summed E-state index contributed by atoms with van der Waals surface area (Å²) in [4.78, 5) is 14.3. The van der Waals surface area contributed by atoms with E-state index in [2.05, 4.69) is 4.90 Å². The third kappa shape index (κ3) is 2.70. The largest absolute Gasteiger partial charge is 0.462 e. The summed E-state index contributed by atoms with van der Waals surface area (Å²) in [6.45, 7) is 5.25. The topological polar surface area (TPSA) is 64.8 Å². The molecular weight excluding hydrogens is 240 g/mol. The van der Waals surface area contributed by atoms with Crippen molar-refractivity contribution in [3.63, 3.8) is 0 Å². The molecule has 0 saturated carbocycles. The van der Waals surface area contributed by atoms with Gasteiger partial charge in [0.05, 0.1) is 30.5 Å². The standard InChI is InChI=1S/C11H16N2O3S/c1-2-16-11(14)10-8(12)7-9(17-10)13-3-5-15-6-4-13/h7H,2-6,12H2,1H3. The number of hydrogen-bond acceptors (Lipinski definition) is 6. The third-order valence-electron chi connectivity index (χ3n) is 2.53. The summed E-state index contributed by atoms with van der Waals surface area (Å²) in [5, 5.41) is 1.01. The summed E-state index contributed by atoms with van der Waals surface area (Å²) in [7, 11) is 0. The van der Waals surface area contributed by atoms with E-state index in [-0.39, 0.29) is 5.97 Å². The molecule has 2 rings (SSSR count). The molecule has 1 aromatic rings. The van der Waals surface area contributed by atoms with Gasteiger partial charge in [-0.3, -0.25) is 0 Å². The molecule has 6 heteroatoms. The zero-order chi connectivity index (χ0) is 12.3. The van der Waals surface area contributed by atoms with Crippen LogP contribution in [0, 0.1) is 0 Å². The average molecular weight is 256 g/mol. The first kappa shape index (κ1) is 12.2. The van der Waals surface area contributed by atoms with Gasteiger partial charge in [-0.15, -0.1) is 11.3 Å². The molecule has 0 spiro atoms. The lowest BCUT2D eigenvalue weighted by molar-refractivity contribution is 0.0533. The Bertz CT molecular complexity index is 399. The second kappa shape index (κ2) is 5.37. The summed E-state index contributed by atoms with van der Waals surface area (Å²) in [5.74, 6) is -0.338. The molecule has 0 amide bonds. The van der Waals surface area contributed by atoms with Gasteiger partial charge in [0.1, 0.15) is 4.88 Å². The van der Waals surface area contributed by atoms with Crippen molar-refractivity contribution in [1.29, 1.82) is 0 Å². The van der Waals surface area contributed by atoms with Crippen LogP contribution in [-0.2, 0) is 9.47 Å². The molecule has 17 heavy (non-hydrogen) atoms. The third-order valence-corrected chi connectivity index (χ3v) is 3.72. The molecule has 94 valence electrons. The molecule has 2 N–H and O–H groups in total. The Balaban J connectivity index is 2.14. The van der Waals surface area contributed by atoms with Crippen LogP contribution in [0.15, 0.2) is 6.07 Å². The van der Waals surface area contributed by atoms with E-state index in [0.717, 1.165) is 18.1 Å². The number of carbonyl (C=O) groups excluding carboxylic acids is 1. The zero-order valence-corrected chi connectivity index (χ0v) is 10.6. The van der Waals surface area contributed by atoms with Crippen LogP contribution in [0.3, 0.4) is 0 Å². The number of thiophene rings is 1. The lowest BCUT2D eigenvalue weighted by atomic mass is 10.3. The number of nitrogens with zero attached hydrogens (tertiary/aromatic N) is 1. The van der Waals surface area contributed by atoms with Crippen LogP contribution < -0.4 is 10.6 Å². The molecule has 0 atom stereocenters. The molecule has 1 aliphatic heterocycles. The number of hydrogen-bond donors (Lipinski definition) is 1. The van der Waals surface area contributed by atoms with Gasteiger partial charge in [0, 0.05) is 13.1 Å². The summed E-state index contributed by atoms with van der Waals surface area (Å²) in [6.07, 6.45) is 0. The predicted octanol–water partition coefficient (Wildman–Crippen LogP) is 1.34. The van der Waals surface area contributed by atoms with Crippen molar-refractivity contribution in [2.45, 2.75) is 6.92 Å². The summed E-state index contributed by atoms with van der Waals surface area (Å²) < 4.78 is 10.2. The Hall–Kier alpha value is -1.27. The number of nitrogens with two attached hydrogens (primary N) is 1. The minimum absolute atomic E-state index is 0.338. The van der Waals surface area contributed by atoms with Crippen LogP contribution in [0.5, 0.6) is 0 Å². The maximum atomic E-state index is 11.6. The van der Waals surface area contributed by atoms with Gasteiger partial charge in [-0.25, -0.2) is 4.79 Å². The van der Waals surface area contributed by atoms with Crippen LogP contribution >= 0.6 is 11.3 Å². The van der Waals surface area contributed by atoms with E-state index in [4.69, 9.17) is 15.2 Å². The van der Waals surface area contributed by atoms with Crippen LogP contribution in [0.2, 0.25) is 0 Å². The van der Waals surface area contributed by atoms with Crippen LogP contribution in [0.4, 0.5) is 10.7 Å². The fraction of sp³-hybridized carbons (Fsp3) is 0.545. The van der Waals surface area contributed by atoms with E-state index in [1.54, 1.807) is 6.92 Å². The van der Waals surface area contributed by atoms with E-state index in [9.17, 15) is 4.79 Å². The van der Waals surface area contributed by atoms with Gasteiger partial charge in [0.2, 0.25) is 0 Å². The average Bonchev–Trinajstić information content (AvgIpc) is 2.73. The molecule has 1 saturated heterocycles. The van der Waals surface area contributed by atoms with E-state index in [1.165, 1.54) is 11.3 Å². The van der Waals surface area contributed by atoms with E-state index in [1.807, 2.05) is 6.07 Å². The highest BCUT2D eigenvalue weighted by Crippen LogP contribution is 2.33. The molecule has 5 nitrogen and oxygen atoms in total. The Morgan fingerprint density at radius 1 is 1.59 bits per heavy atom. The lowest BCUT2D eigenvalue weighted by Gasteiger charge is -2.27. The monoisotopic (exact) mass is 256 g/mol. The maximum Gasteiger partial charge on any atom is 0.350 e. The fourth-order valence-corrected chi connectivity index (χ4v) is 2.71. The van der Waals surface area contributed by atoms with Crippen LogP contribution in [0.1, 0.15) is 16.6 Å². The van der Waals surface area contributed by atoms with Crippen molar-refractivity contribution in [2.75, 3.05) is 43.5 Å². The SMILES string of the molecule is CCOC(=O)c1sc(N2CCOCC2)cc1N. The Morgan fingerprint density at radius 3 is 2.94 bits per heavy atom. The molecule has 1 aromatic heterocycles. The summed E-state index contributed by atoms with van der Waals surface area (Å²) in [5.41, 5.74) is 6.33. The number of morpholine rings is 1. The molecule has 0 aromatic carbocycles. The Labute approximate surface area is 104 Å². The Kier molecular flexibility index (Phi) is 3.86. The number of nitrogen functional groups attached to an aromatic ring is 1.